The molecule has 3 aromatic rings. The van der Waals surface area contributed by atoms with Crippen LogP contribution in [0.15, 0.2) is 65.8 Å². The molecule has 0 saturated carbocycles. The summed E-state index contributed by atoms with van der Waals surface area (Å²) in [7, 11) is -1.55. The fourth-order valence-electron chi connectivity index (χ4n) is 4.08. The molecule has 0 atom stereocenters. The second-order valence-electron chi connectivity index (χ2n) is 9.34. The molecule has 37 heavy (non-hydrogen) atoms. The summed E-state index contributed by atoms with van der Waals surface area (Å²) in [4.78, 5) is 24.1. The number of hydrogen-bond donors (Lipinski definition) is 2. The van der Waals surface area contributed by atoms with E-state index in [2.05, 4.69) is 47.9 Å². The van der Waals surface area contributed by atoms with Crippen LogP contribution >= 0.6 is 0 Å². The zero-order chi connectivity index (χ0) is 26.6. The fourth-order valence-corrected chi connectivity index (χ4v) is 5.51. The summed E-state index contributed by atoms with van der Waals surface area (Å²) < 4.78 is 28.0. The van der Waals surface area contributed by atoms with Gasteiger partial charge in [-0.1, -0.05) is 30.3 Å². The lowest BCUT2D eigenvalue weighted by Crippen LogP contribution is -2.49. The van der Waals surface area contributed by atoms with Crippen molar-refractivity contribution in [2.75, 3.05) is 38.1 Å². The zero-order valence-electron chi connectivity index (χ0n) is 21.2. The van der Waals surface area contributed by atoms with Gasteiger partial charge in [0.15, 0.2) is 0 Å². The minimum atomic E-state index is -3.64. The summed E-state index contributed by atoms with van der Waals surface area (Å²) in [6.07, 6.45) is 2.63. The van der Waals surface area contributed by atoms with E-state index in [1.807, 2.05) is 29.2 Å². The number of sulfonamides is 1. The Morgan fingerprint density at radius 1 is 1.03 bits per heavy atom. The van der Waals surface area contributed by atoms with Crippen LogP contribution in [0.3, 0.4) is 0 Å². The van der Waals surface area contributed by atoms with Gasteiger partial charge in [-0.15, -0.1) is 0 Å². The number of aromatic nitrogens is 2. The Labute approximate surface area is 217 Å². The summed E-state index contributed by atoms with van der Waals surface area (Å²) in [6.45, 7) is 6.58. The molecular formula is C26H32N6O4S. The molecule has 0 unspecified atom stereocenters. The first kappa shape index (κ1) is 26.7. The SMILES string of the molecule is CC(C)N(C)Cc1cccc(-c2ccc(S(=O)(=O)N3CCN(c4ncc(C(=O)NO)cn4)CC3)cc2)c1. The molecule has 1 saturated heterocycles. The first-order valence-corrected chi connectivity index (χ1v) is 13.5. The van der Waals surface area contributed by atoms with E-state index in [4.69, 9.17) is 5.21 Å². The predicted octanol–water partition coefficient (Wildman–Crippen LogP) is 2.61. The van der Waals surface area contributed by atoms with E-state index < -0.39 is 15.9 Å². The van der Waals surface area contributed by atoms with Gasteiger partial charge in [0.2, 0.25) is 16.0 Å². The van der Waals surface area contributed by atoms with Crippen LogP contribution in [0.1, 0.15) is 29.8 Å². The van der Waals surface area contributed by atoms with Crippen molar-refractivity contribution in [3.8, 4) is 11.1 Å². The van der Waals surface area contributed by atoms with Gasteiger partial charge in [0.1, 0.15) is 0 Å². The predicted molar refractivity (Wildman–Crippen MR) is 141 cm³/mol. The second kappa shape index (κ2) is 11.3. The van der Waals surface area contributed by atoms with Crippen LogP contribution in [0.25, 0.3) is 11.1 Å². The van der Waals surface area contributed by atoms with Gasteiger partial charge < -0.3 is 4.90 Å². The molecule has 1 amide bonds. The van der Waals surface area contributed by atoms with Gasteiger partial charge in [0, 0.05) is 51.2 Å². The average molecular weight is 525 g/mol. The normalized spacial score (nSPS) is 14.8. The third-order valence-corrected chi connectivity index (χ3v) is 8.50. The van der Waals surface area contributed by atoms with Crippen molar-refractivity contribution in [1.29, 1.82) is 0 Å². The van der Waals surface area contributed by atoms with Crippen molar-refractivity contribution in [3.63, 3.8) is 0 Å². The number of benzene rings is 2. The van der Waals surface area contributed by atoms with E-state index >= 15 is 0 Å². The third-order valence-electron chi connectivity index (χ3n) is 6.59. The van der Waals surface area contributed by atoms with Gasteiger partial charge in [0.25, 0.3) is 5.91 Å². The number of rotatable bonds is 8. The van der Waals surface area contributed by atoms with Gasteiger partial charge in [-0.3, -0.25) is 14.9 Å². The minimum absolute atomic E-state index is 0.130. The number of nitrogens with zero attached hydrogens (tertiary/aromatic N) is 5. The highest BCUT2D eigenvalue weighted by Gasteiger charge is 2.29. The van der Waals surface area contributed by atoms with Crippen molar-refractivity contribution in [3.05, 3.63) is 72.1 Å². The Balaban J connectivity index is 1.41. The van der Waals surface area contributed by atoms with Crippen molar-refractivity contribution in [2.45, 2.75) is 31.3 Å². The highest BCUT2D eigenvalue weighted by atomic mass is 32.2. The largest absolute Gasteiger partial charge is 0.338 e. The Hall–Kier alpha value is -3.38. The molecular weight excluding hydrogens is 492 g/mol. The number of amides is 1. The molecule has 196 valence electrons. The minimum Gasteiger partial charge on any atom is -0.338 e. The monoisotopic (exact) mass is 524 g/mol. The molecule has 0 bridgehead atoms. The molecule has 1 aliphatic rings. The van der Waals surface area contributed by atoms with E-state index in [9.17, 15) is 13.2 Å². The highest BCUT2D eigenvalue weighted by molar-refractivity contribution is 7.89. The van der Waals surface area contributed by atoms with E-state index in [1.54, 1.807) is 12.1 Å². The lowest BCUT2D eigenvalue weighted by atomic mass is 10.0. The summed E-state index contributed by atoms with van der Waals surface area (Å²) in [5.74, 6) is -0.294. The van der Waals surface area contributed by atoms with Crippen LogP contribution in [-0.4, -0.2) is 78.0 Å². The molecule has 0 radical (unpaired) electrons. The standard InChI is InChI=1S/C26H32N6O4S/c1-19(2)30(3)18-20-5-4-6-22(15-20)21-7-9-24(10-8-21)37(35,36)32-13-11-31(12-14-32)26-27-16-23(17-28-26)25(33)29-34/h4-10,15-17,19,34H,11-14,18H2,1-3H3,(H,29,33). The second-order valence-corrected chi connectivity index (χ2v) is 11.3. The van der Waals surface area contributed by atoms with E-state index in [0.29, 0.717) is 25.1 Å². The van der Waals surface area contributed by atoms with Gasteiger partial charge in [-0.05, 0) is 55.8 Å². The highest BCUT2D eigenvalue weighted by Crippen LogP contribution is 2.25. The molecule has 2 aromatic carbocycles. The molecule has 11 heteroatoms. The summed E-state index contributed by atoms with van der Waals surface area (Å²) in [5, 5.41) is 8.71. The van der Waals surface area contributed by atoms with Gasteiger partial charge >= 0.3 is 0 Å². The maximum Gasteiger partial charge on any atom is 0.277 e. The van der Waals surface area contributed by atoms with Crippen molar-refractivity contribution >= 4 is 21.9 Å². The van der Waals surface area contributed by atoms with Crippen molar-refractivity contribution in [2.24, 2.45) is 0 Å². The number of anilines is 1. The maximum absolute atomic E-state index is 13.3. The lowest BCUT2D eigenvalue weighted by molar-refractivity contribution is 0.0705. The third kappa shape index (κ3) is 6.13. The number of hydroxylamine groups is 1. The molecule has 10 nitrogen and oxygen atoms in total. The van der Waals surface area contributed by atoms with Crippen molar-refractivity contribution in [1.82, 2.24) is 24.7 Å². The fraction of sp³-hybridized carbons (Fsp3) is 0.346. The Morgan fingerprint density at radius 2 is 1.68 bits per heavy atom. The van der Waals surface area contributed by atoms with E-state index in [0.717, 1.165) is 17.7 Å². The topological polar surface area (TPSA) is 119 Å². The number of nitrogens with one attached hydrogen (secondary N) is 1. The molecule has 1 aromatic heterocycles. The number of hydrogen-bond acceptors (Lipinski definition) is 8. The van der Waals surface area contributed by atoms with Crippen LogP contribution in [0.5, 0.6) is 0 Å². The number of carbonyl (C=O) groups excluding carboxylic acids is 1. The summed E-state index contributed by atoms with van der Waals surface area (Å²) >= 11 is 0. The van der Waals surface area contributed by atoms with Crippen LogP contribution in [0, 0.1) is 0 Å². The molecule has 1 aliphatic heterocycles. The maximum atomic E-state index is 13.3. The molecule has 1 fully saturated rings. The van der Waals surface area contributed by atoms with E-state index in [-0.39, 0.29) is 23.5 Å². The molecule has 2 heterocycles. The van der Waals surface area contributed by atoms with Gasteiger partial charge in [-0.2, -0.15) is 4.31 Å². The zero-order valence-corrected chi connectivity index (χ0v) is 22.0. The van der Waals surface area contributed by atoms with Gasteiger partial charge in [0.05, 0.1) is 10.5 Å². The average Bonchev–Trinajstić information content (AvgIpc) is 2.93. The molecule has 0 aliphatic carbocycles. The molecule has 2 N–H and O–H groups in total. The first-order valence-electron chi connectivity index (χ1n) is 12.1. The smallest absolute Gasteiger partial charge is 0.277 e. The Kier molecular flexibility index (Phi) is 8.18. The number of piperazine rings is 1. The Morgan fingerprint density at radius 3 is 2.27 bits per heavy atom. The Bertz CT molecular complexity index is 1320. The number of carbonyl (C=O) groups is 1. The quantitative estimate of drug-likeness (QED) is 0.341. The molecule has 4 rings (SSSR count). The lowest BCUT2D eigenvalue weighted by Gasteiger charge is -2.34. The van der Waals surface area contributed by atoms with Crippen LogP contribution < -0.4 is 10.4 Å². The van der Waals surface area contributed by atoms with Crippen LogP contribution in [-0.2, 0) is 16.6 Å². The van der Waals surface area contributed by atoms with Crippen LogP contribution in [0.2, 0.25) is 0 Å². The summed E-state index contributed by atoms with van der Waals surface area (Å²) in [5.41, 5.74) is 4.89. The van der Waals surface area contributed by atoms with E-state index in [1.165, 1.54) is 27.7 Å². The van der Waals surface area contributed by atoms with Crippen molar-refractivity contribution < 1.29 is 18.4 Å². The first-order chi connectivity index (χ1) is 17.7. The van der Waals surface area contributed by atoms with Gasteiger partial charge in [-0.25, -0.2) is 23.9 Å². The van der Waals surface area contributed by atoms with Crippen LogP contribution in [0.4, 0.5) is 5.95 Å². The molecule has 0 spiro atoms. The summed E-state index contributed by atoms with van der Waals surface area (Å²) in [6, 6.07) is 15.8.